The molecule has 0 bridgehead atoms. The number of ether oxygens (including phenoxy) is 2. The van der Waals surface area contributed by atoms with Gasteiger partial charge in [0.15, 0.2) is 0 Å². The standard InChI is InChI=1S/C28H35N3O3/c1-21-22(18-32)7-8-26-27(21)33-19-24-16-29(13-14-31(24)26)17-25-15-28(20-34-25)9-11-30(12-10-28)23-5-3-2-4-6-23/h2-8,18,24-25H,9-17,19-20H2,1H3. The van der Waals surface area contributed by atoms with Gasteiger partial charge in [-0.1, -0.05) is 18.2 Å². The first-order valence-corrected chi connectivity index (χ1v) is 12.8. The third kappa shape index (κ3) is 3.97. The van der Waals surface area contributed by atoms with E-state index in [1.807, 2.05) is 13.0 Å². The van der Waals surface area contributed by atoms with Crippen LogP contribution in [0.2, 0.25) is 0 Å². The molecule has 2 aromatic carbocycles. The third-order valence-electron chi connectivity index (χ3n) is 8.54. The van der Waals surface area contributed by atoms with Gasteiger partial charge in [-0.15, -0.1) is 0 Å². The largest absolute Gasteiger partial charge is 0.489 e. The van der Waals surface area contributed by atoms with Crippen LogP contribution >= 0.6 is 0 Å². The summed E-state index contributed by atoms with van der Waals surface area (Å²) < 4.78 is 12.5. The molecule has 4 aliphatic heterocycles. The second kappa shape index (κ2) is 8.90. The molecule has 3 saturated heterocycles. The number of rotatable bonds is 4. The Labute approximate surface area is 202 Å². The van der Waals surface area contributed by atoms with Crippen LogP contribution in [0, 0.1) is 12.3 Å². The predicted octanol–water partition coefficient (Wildman–Crippen LogP) is 3.77. The predicted molar refractivity (Wildman–Crippen MR) is 134 cm³/mol. The summed E-state index contributed by atoms with van der Waals surface area (Å²) in [7, 11) is 0. The van der Waals surface area contributed by atoms with Gasteiger partial charge in [0.1, 0.15) is 18.6 Å². The van der Waals surface area contributed by atoms with Crippen LogP contribution in [0.25, 0.3) is 0 Å². The van der Waals surface area contributed by atoms with E-state index < -0.39 is 0 Å². The summed E-state index contributed by atoms with van der Waals surface area (Å²) in [6.45, 7) is 9.88. The van der Waals surface area contributed by atoms with E-state index in [2.05, 4.69) is 51.1 Å². The number of piperazine rings is 1. The lowest BCUT2D eigenvalue weighted by Gasteiger charge is -2.46. The van der Waals surface area contributed by atoms with Gasteiger partial charge in [-0.05, 0) is 55.9 Å². The van der Waals surface area contributed by atoms with Crippen LogP contribution in [0.15, 0.2) is 42.5 Å². The molecule has 1 spiro atoms. The average Bonchev–Trinajstić information content (AvgIpc) is 3.26. The normalized spacial score (nSPS) is 26.1. The maximum atomic E-state index is 11.3. The monoisotopic (exact) mass is 461 g/mol. The van der Waals surface area contributed by atoms with Gasteiger partial charge in [-0.2, -0.15) is 0 Å². The van der Waals surface area contributed by atoms with Gasteiger partial charge in [-0.25, -0.2) is 0 Å². The second-order valence-electron chi connectivity index (χ2n) is 10.6. The summed E-state index contributed by atoms with van der Waals surface area (Å²) in [4.78, 5) is 18.9. The molecule has 6 nitrogen and oxygen atoms in total. The van der Waals surface area contributed by atoms with Crippen LogP contribution in [0.4, 0.5) is 11.4 Å². The van der Waals surface area contributed by atoms with Crippen molar-refractivity contribution in [3.63, 3.8) is 0 Å². The first-order chi connectivity index (χ1) is 16.6. The first kappa shape index (κ1) is 21.9. The van der Waals surface area contributed by atoms with Crippen LogP contribution in [0.1, 0.15) is 35.2 Å². The van der Waals surface area contributed by atoms with Crippen molar-refractivity contribution in [2.24, 2.45) is 5.41 Å². The van der Waals surface area contributed by atoms with E-state index in [4.69, 9.17) is 9.47 Å². The molecule has 0 radical (unpaired) electrons. The SMILES string of the molecule is Cc1c(C=O)ccc2c1OCC1CN(CC3CC4(CCN(c5ccccc5)CC4)CO3)CCN21. The summed E-state index contributed by atoms with van der Waals surface area (Å²) in [5.41, 5.74) is 4.52. The molecule has 0 saturated carbocycles. The highest BCUT2D eigenvalue weighted by Crippen LogP contribution is 2.43. The summed E-state index contributed by atoms with van der Waals surface area (Å²) >= 11 is 0. The lowest BCUT2D eigenvalue weighted by Crippen LogP contribution is -2.58. The quantitative estimate of drug-likeness (QED) is 0.646. The second-order valence-corrected chi connectivity index (χ2v) is 10.6. The van der Waals surface area contributed by atoms with Crippen LogP contribution in [0.3, 0.4) is 0 Å². The molecular formula is C28H35N3O3. The molecule has 0 aromatic heterocycles. The van der Waals surface area contributed by atoms with Crippen molar-refractivity contribution in [1.29, 1.82) is 0 Å². The number of aldehydes is 1. The molecule has 0 amide bonds. The van der Waals surface area contributed by atoms with Gasteiger partial charge in [0, 0.05) is 56.1 Å². The van der Waals surface area contributed by atoms with E-state index in [0.717, 1.165) is 74.7 Å². The number of fused-ring (bicyclic) bond motifs is 3. The maximum Gasteiger partial charge on any atom is 0.150 e. The van der Waals surface area contributed by atoms with Crippen molar-refractivity contribution < 1.29 is 14.3 Å². The lowest BCUT2D eigenvalue weighted by molar-refractivity contribution is 0.0533. The topological polar surface area (TPSA) is 45.3 Å². The van der Waals surface area contributed by atoms with Gasteiger partial charge >= 0.3 is 0 Å². The number of piperidine rings is 1. The molecule has 3 fully saturated rings. The third-order valence-corrected chi connectivity index (χ3v) is 8.54. The molecule has 4 heterocycles. The number of hydrogen-bond donors (Lipinski definition) is 0. The van der Waals surface area contributed by atoms with E-state index in [1.165, 1.54) is 24.9 Å². The molecule has 2 aromatic rings. The van der Waals surface area contributed by atoms with Crippen molar-refractivity contribution in [1.82, 2.24) is 4.90 Å². The number of carbonyl (C=O) groups is 1. The molecule has 0 N–H and O–H groups in total. The van der Waals surface area contributed by atoms with Gasteiger partial charge in [0.2, 0.25) is 0 Å². The molecule has 6 rings (SSSR count). The molecule has 2 unspecified atom stereocenters. The number of hydrogen-bond acceptors (Lipinski definition) is 6. The highest BCUT2D eigenvalue weighted by Gasteiger charge is 2.43. The molecule has 34 heavy (non-hydrogen) atoms. The van der Waals surface area contributed by atoms with Crippen LogP contribution in [0.5, 0.6) is 5.75 Å². The molecule has 0 aliphatic carbocycles. The number of anilines is 2. The fourth-order valence-corrected chi connectivity index (χ4v) is 6.48. The van der Waals surface area contributed by atoms with Gasteiger partial charge in [-0.3, -0.25) is 9.69 Å². The zero-order valence-electron chi connectivity index (χ0n) is 20.1. The van der Waals surface area contributed by atoms with Crippen molar-refractivity contribution in [2.75, 3.05) is 62.3 Å². The summed E-state index contributed by atoms with van der Waals surface area (Å²) in [5.74, 6) is 0.886. The Bertz CT molecular complexity index is 1030. The van der Waals surface area contributed by atoms with Gasteiger partial charge < -0.3 is 19.3 Å². The van der Waals surface area contributed by atoms with E-state index >= 15 is 0 Å². The summed E-state index contributed by atoms with van der Waals surface area (Å²) in [5, 5.41) is 0. The highest BCUT2D eigenvalue weighted by atomic mass is 16.5. The maximum absolute atomic E-state index is 11.3. The Morgan fingerprint density at radius 2 is 1.88 bits per heavy atom. The molecule has 6 heteroatoms. The first-order valence-electron chi connectivity index (χ1n) is 12.8. The lowest BCUT2D eigenvalue weighted by atomic mass is 9.76. The van der Waals surface area contributed by atoms with E-state index in [0.29, 0.717) is 24.2 Å². The molecular weight excluding hydrogens is 426 g/mol. The minimum absolute atomic E-state index is 0.337. The average molecular weight is 462 g/mol. The van der Waals surface area contributed by atoms with Crippen LogP contribution in [-0.4, -0.2) is 75.8 Å². The summed E-state index contributed by atoms with van der Waals surface area (Å²) in [6, 6.07) is 15.1. The number of benzene rings is 2. The zero-order chi connectivity index (χ0) is 23.1. The summed E-state index contributed by atoms with van der Waals surface area (Å²) in [6.07, 6.45) is 4.89. The fraction of sp³-hybridized carbons (Fsp3) is 0.536. The zero-order valence-corrected chi connectivity index (χ0v) is 20.1. The highest BCUT2D eigenvalue weighted by molar-refractivity contribution is 5.82. The Kier molecular flexibility index (Phi) is 5.74. The smallest absolute Gasteiger partial charge is 0.150 e. The Morgan fingerprint density at radius 3 is 2.68 bits per heavy atom. The Balaban J connectivity index is 1.04. The van der Waals surface area contributed by atoms with Crippen molar-refractivity contribution in [3.05, 3.63) is 53.6 Å². The van der Waals surface area contributed by atoms with Crippen LogP contribution < -0.4 is 14.5 Å². The van der Waals surface area contributed by atoms with Crippen molar-refractivity contribution in [3.8, 4) is 5.75 Å². The van der Waals surface area contributed by atoms with Crippen LogP contribution in [-0.2, 0) is 4.74 Å². The van der Waals surface area contributed by atoms with Crippen molar-refractivity contribution >= 4 is 17.7 Å². The number of nitrogens with zero attached hydrogens (tertiary/aromatic N) is 3. The minimum Gasteiger partial charge on any atom is -0.489 e. The Morgan fingerprint density at radius 1 is 1.06 bits per heavy atom. The van der Waals surface area contributed by atoms with Gasteiger partial charge in [0.05, 0.1) is 24.4 Å². The molecule has 180 valence electrons. The number of carbonyl (C=O) groups excluding carboxylic acids is 1. The minimum atomic E-state index is 0.337. The van der Waals surface area contributed by atoms with E-state index in [9.17, 15) is 4.79 Å². The fourth-order valence-electron chi connectivity index (χ4n) is 6.48. The number of para-hydroxylation sites is 1. The Hall–Kier alpha value is -2.57. The van der Waals surface area contributed by atoms with E-state index in [-0.39, 0.29) is 0 Å². The molecule has 2 atom stereocenters. The molecule has 4 aliphatic rings. The van der Waals surface area contributed by atoms with E-state index in [1.54, 1.807) is 0 Å². The van der Waals surface area contributed by atoms with Crippen molar-refractivity contribution in [2.45, 2.75) is 38.3 Å². The van der Waals surface area contributed by atoms with Gasteiger partial charge in [0.25, 0.3) is 0 Å².